The lowest BCUT2D eigenvalue weighted by Crippen LogP contribution is -2.47. The van der Waals surface area contributed by atoms with E-state index < -0.39 is 5.82 Å². The molecule has 1 aliphatic heterocycles. The normalized spacial score (nSPS) is 14.0. The molecule has 22 heavy (non-hydrogen) atoms. The average Bonchev–Trinajstić information content (AvgIpc) is 2.53. The Hall–Kier alpha value is -2.69. The molecule has 0 N–H and O–H groups in total. The van der Waals surface area contributed by atoms with Gasteiger partial charge < -0.3 is 9.80 Å². The molecule has 0 saturated heterocycles. The maximum absolute atomic E-state index is 13.7. The number of rotatable bonds is 2. The third-order valence-electron chi connectivity index (χ3n) is 3.80. The van der Waals surface area contributed by atoms with Crippen molar-refractivity contribution in [1.82, 2.24) is 0 Å². The average molecular weight is 298 g/mol. The molecule has 4 nitrogen and oxygen atoms in total. The minimum absolute atomic E-state index is 0.0270. The highest BCUT2D eigenvalue weighted by Crippen LogP contribution is 2.32. The molecule has 0 spiro atoms. The van der Waals surface area contributed by atoms with E-state index in [1.807, 2.05) is 12.1 Å². The van der Waals surface area contributed by atoms with Crippen LogP contribution in [0.1, 0.15) is 5.56 Å². The van der Waals surface area contributed by atoms with Crippen LogP contribution < -0.4 is 9.80 Å². The van der Waals surface area contributed by atoms with Crippen molar-refractivity contribution in [2.45, 2.75) is 6.42 Å². The summed E-state index contributed by atoms with van der Waals surface area (Å²) in [5.74, 6) is -0.871. The Morgan fingerprint density at radius 3 is 2.45 bits per heavy atom. The lowest BCUT2D eigenvalue weighted by molar-refractivity contribution is -0.122. The molecule has 0 radical (unpaired) electrons. The molecule has 3 rings (SSSR count). The van der Waals surface area contributed by atoms with Gasteiger partial charge in [-0.3, -0.25) is 9.59 Å². The fourth-order valence-corrected chi connectivity index (χ4v) is 2.56. The van der Waals surface area contributed by atoms with E-state index in [0.29, 0.717) is 16.9 Å². The van der Waals surface area contributed by atoms with Crippen LogP contribution in [0.25, 0.3) is 0 Å². The number of fused-ring (bicyclic) bond motifs is 1. The molecule has 0 atom stereocenters. The first-order chi connectivity index (χ1) is 10.6. The Balaban J connectivity index is 1.92. The lowest BCUT2D eigenvalue weighted by Gasteiger charge is -2.34. The second-order valence-corrected chi connectivity index (χ2v) is 5.19. The monoisotopic (exact) mass is 298 g/mol. The summed E-state index contributed by atoms with van der Waals surface area (Å²) in [6.07, 6.45) is -0.0714. The van der Waals surface area contributed by atoms with Crippen molar-refractivity contribution in [3.8, 4) is 0 Å². The summed E-state index contributed by atoms with van der Waals surface area (Å²) in [5, 5.41) is 0. The van der Waals surface area contributed by atoms with Gasteiger partial charge in [0.25, 0.3) is 0 Å². The van der Waals surface area contributed by atoms with Crippen LogP contribution in [-0.4, -0.2) is 25.4 Å². The van der Waals surface area contributed by atoms with Gasteiger partial charge in [0, 0.05) is 7.05 Å². The van der Waals surface area contributed by atoms with Crippen LogP contribution in [0.4, 0.5) is 15.8 Å². The SMILES string of the molecule is CN1C(=O)CN(C(=O)Cc2ccccc2F)c2ccccc21. The number of anilines is 2. The summed E-state index contributed by atoms with van der Waals surface area (Å²) in [6.45, 7) is -0.0270. The molecular formula is C17H15FN2O2. The van der Waals surface area contributed by atoms with Crippen molar-refractivity contribution in [3.05, 3.63) is 59.9 Å². The number of para-hydroxylation sites is 2. The minimum atomic E-state index is -0.412. The summed E-state index contributed by atoms with van der Waals surface area (Å²) in [4.78, 5) is 27.5. The molecule has 2 amide bonds. The quantitative estimate of drug-likeness (QED) is 0.854. The van der Waals surface area contributed by atoms with Gasteiger partial charge in [0.2, 0.25) is 11.8 Å². The number of carbonyl (C=O) groups excluding carboxylic acids is 2. The van der Waals surface area contributed by atoms with Crippen LogP contribution >= 0.6 is 0 Å². The van der Waals surface area contributed by atoms with Crippen LogP contribution in [0.15, 0.2) is 48.5 Å². The van der Waals surface area contributed by atoms with Gasteiger partial charge in [0.15, 0.2) is 0 Å². The van der Waals surface area contributed by atoms with Crippen LogP contribution in [0.5, 0.6) is 0 Å². The predicted octanol–water partition coefficient (Wildman–Crippen LogP) is 2.38. The summed E-state index contributed by atoms with van der Waals surface area (Å²) < 4.78 is 13.7. The van der Waals surface area contributed by atoms with Gasteiger partial charge in [-0.15, -0.1) is 0 Å². The van der Waals surface area contributed by atoms with E-state index >= 15 is 0 Å². The molecule has 1 aliphatic rings. The second kappa shape index (κ2) is 5.60. The first-order valence-electron chi connectivity index (χ1n) is 6.97. The number of hydrogen-bond donors (Lipinski definition) is 0. The van der Waals surface area contributed by atoms with E-state index in [1.54, 1.807) is 37.4 Å². The summed E-state index contributed by atoms with van der Waals surface area (Å²) >= 11 is 0. The highest BCUT2D eigenvalue weighted by atomic mass is 19.1. The summed E-state index contributed by atoms with van der Waals surface area (Å²) in [7, 11) is 1.68. The van der Waals surface area contributed by atoms with Crippen molar-refractivity contribution in [2.75, 3.05) is 23.4 Å². The van der Waals surface area contributed by atoms with Crippen LogP contribution in [0.2, 0.25) is 0 Å². The molecule has 0 unspecified atom stereocenters. The van der Waals surface area contributed by atoms with Crippen LogP contribution in [0, 0.1) is 5.82 Å². The smallest absolute Gasteiger partial charge is 0.246 e. The van der Waals surface area contributed by atoms with Gasteiger partial charge in [-0.25, -0.2) is 4.39 Å². The summed E-state index contributed by atoms with van der Waals surface area (Å²) in [5.41, 5.74) is 1.68. The first kappa shape index (κ1) is 14.3. The number of carbonyl (C=O) groups is 2. The van der Waals surface area contributed by atoms with Crippen molar-refractivity contribution in [2.24, 2.45) is 0 Å². The molecule has 0 aliphatic carbocycles. The molecule has 0 bridgehead atoms. The highest BCUT2D eigenvalue weighted by molar-refractivity contribution is 6.11. The Morgan fingerprint density at radius 2 is 1.73 bits per heavy atom. The molecule has 0 saturated carbocycles. The third kappa shape index (κ3) is 2.45. The second-order valence-electron chi connectivity index (χ2n) is 5.19. The number of hydrogen-bond acceptors (Lipinski definition) is 2. The Morgan fingerprint density at radius 1 is 1.09 bits per heavy atom. The van der Waals surface area contributed by atoms with E-state index in [0.717, 1.165) is 0 Å². The number of likely N-dealkylation sites (N-methyl/N-ethyl adjacent to an activating group) is 1. The van der Waals surface area contributed by atoms with E-state index in [2.05, 4.69) is 0 Å². The summed E-state index contributed by atoms with van der Waals surface area (Å²) in [6, 6.07) is 13.4. The van der Waals surface area contributed by atoms with E-state index in [1.165, 1.54) is 15.9 Å². The van der Waals surface area contributed by atoms with Gasteiger partial charge in [-0.05, 0) is 23.8 Å². The van der Waals surface area contributed by atoms with Crippen molar-refractivity contribution >= 4 is 23.2 Å². The number of benzene rings is 2. The molecule has 1 heterocycles. The van der Waals surface area contributed by atoms with E-state index in [4.69, 9.17) is 0 Å². The number of nitrogens with zero attached hydrogens (tertiary/aromatic N) is 2. The Kier molecular flexibility index (Phi) is 3.63. The zero-order chi connectivity index (χ0) is 15.7. The molecule has 112 valence electrons. The van der Waals surface area contributed by atoms with Crippen LogP contribution in [-0.2, 0) is 16.0 Å². The fraction of sp³-hybridized carbons (Fsp3) is 0.176. The van der Waals surface area contributed by atoms with Gasteiger partial charge in [0.05, 0.1) is 17.8 Å². The Bertz CT molecular complexity index is 745. The molecule has 0 fully saturated rings. The topological polar surface area (TPSA) is 40.6 Å². The minimum Gasteiger partial charge on any atom is -0.312 e. The van der Waals surface area contributed by atoms with Gasteiger partial charge >= 0.3 is 0 Å². The molecule has 2 aromatic carbocycles. The molecule has 2 aromatic rings. The lowest BCUT2D eigenvalue weighted by atomic mass is 10.1. The maximum atomic E-state index is 13.7. The van der Waals surface area contributed by atoms with Crippen LogP contribution in [0.3, 0.4) is 0 Å². The van der Waals surface area contributed by atoms with Crippen molar-refractivity contribution < 1.29 is 14.0 Å². The third-order valence-corrected chi connectivity index (χ3v) is 3.80. The zero-order valence-corrected chi connectivity index (χ0v) is 12.1. The highest BCUT2D eigenvalue weighted by Gasteiger charge is 2.30. The van der Waals surface area contributed by atoms with E-state index in [9.17, 15) is 14.0 Å². The predicted molar refractivity (Wildman–Crippen MR) is 82.3 cm³/mol. The molecular weight excluding hydrogens is 283 g/mol. The number of amides is 2. The maximum Gasteiger partial charge on any atom is 0.246 e. The van der Waals surface area contributed by atoms with E-state index in [-0.39, 0.29) is 24.8 Å². The standard InChI is InChI=1S/C17H15FN2O2/c1-19-14-8-4-5-9-15(14)20(11-17(19)22)16(21)10-12-6-2-3-7-13(12)18/h2-9H,10-11H2,1H3. The fourth-order valence-electron chi connectivity index (χ4n) is 2.56. The van der Waals surface area contributed by atoms with Gasteiger partial charge in [0.1, 0.15) is 12.4 Å². The van der Waals surface area contributed by atoms with Gasteiger partial charge in [-0.2, -0.15) is 0 Å². The largest absolute Gasteiger partial charge is 0.312 e. The van der Waals surface area contributed by atoms with Crippen molar-refractivity contribution in [1.29, 1.82) is 0 Å². The first-order valence-corrected chi connectivity index (χ1v) is 6.97. The Labute approximate surface area is 127 Å². The van der Waals surface area contributed by atoms with Crippen molar-refractivity contribution in [3.63, 3.8) is 0 Å². The van der Waals surface area contributed by atoms with Gasteiger partial charge in [-0.1, -0.05) is 30.3 Å². The zero-order valence-electron chi connectivity index (χ0n) is 12.1. The molecule has 0 aromatic heterocycles. The molecule has 5 heteroatoms. The number of halogens is 1.